The highest BCUT2D eigenvalue weighted by Crippen LogP contribution is 1.96. The number of aromatic amines is 1. The first-order valence-corrected chi connectivity index (χ1v) is 4.40. The minimum absolute atomic E-state index is 0.183. The number of amides is 1. The number of nitrogens with zero attached hydrogens (tertiary/aromatic N) is 2. The molecule has 0 aliphatic rings. The van der Waals surface area contributed by atoms with E-state index in [1.165, 1.54) is 6.33 Å². The van der Waals surface area contributed by atoms with Crippen LogP contribution in [0.15, 0.2) is 6.33 Å². The summed E-state index contributed by atoms with van der Waals surface area (Å²) in [4.78, 5) is 15.1. The first-order valence-electron chi connectivity index (χ1n) is 4.40. The first-order chi connectivity index (χ1) is 6.24. The van der Waals surface area contributed by atoms with Crippen LogP contribution in [0.1, 0.15) is 37.3 Å². The Morgan fingerprint density at radius 3 is 3.08 bits per heavy atom. The second-order valence-electron chi connectivity index (χ2n) is 3.00. The minimum atomic E-state index is -0.196. The lowest BCUT2D eigenvalue weighted by atomic mass is 10.2. The van der Waals surface area contributed by atoms with E-state index in [9.17, 15) is 4.79 Å². The van der Waals surface area contributed by atoms with Gasteiger partial charge in [-0.15, -0.1) is 0 Å². The van der Waals surface area contributed by atoms with Crippen LogP contribution in [0.5, 0.6) is 0 Å². The van der Waals surface area contributed by atoms with E-state index in [1.54, 1.807) is 0 Å². The van der Waals surface area contributed by atoms with Gasteiger partial charge in [0.1, 0.15) is 6.33 Å². The SMILES string of the molecule is CCCC(C)NC(=O)c1ncn[nH]1. The highest BCUT2D eigenvalue weighted by molar-refractivity contribution is 5.90. The molecule has 13 heavy (non-hydrogen) atoms. The molecule has 0 aliphatic heterocycles. The van der Waals surface area contributed by atoms with Crippen LogP contribution < -0.4 is 5.32 Å². The molecule has 0 radical (unpaired) electrons. The zero-order valence-electron chi connectivity index (χ0n) is 7.87. The van der Waals surface area contributed by atoms with Gasteiger partial charge in [0, 0.05) is 6.04 Å². The number of aromatic nitrogens is 3. The van der Waals surface area contributed by atoms with Gasteiger partial charge in [-0.3, -0.25) is 9.89 Å². The molecule has 1 atom stereocenters. The third-order valence-corrected chi connectivity index (χ3v) is 1.73. The van der Waals surface area contributed by atoms with Crippen molar-refractivity contribution in [1.29, 1.82) is 0 Å². The van der Waals surface area contributed by atoms with Crippen LogP contribution in [0, 0.1) is 0 Å². The van der Waals surface area contributed by atoms with E-state index >= 15 is 0 Å². The predicted octanol–water partition coefficient (Wildman–Crippen LogP) is 0.723. The van der Waals surface area contributed by atoms with Gasteiger partial charge in [0.15, 0.2) is 0 Å². The smallest absolute Gasteiger partial charge is 0.288 e. The third kappa shape index (κ3) is 2.85. The Balaban J connectivity index is 2.42. The first kappa shape index (κ1) is 9.70. The number of hydrogen-bond donors (Lipinski definition) is 2. The summed E-state index contributed by atoms with van der Waals surface area (Å²) in [6.45, 7) is 4.05. The van der Waals surface area contributed by atoms with Crippen molar-refractivity contribution in [3.63, 3.8) is 0 Å². The zero-order chi connectivity index (χ0) is 9.68. The van der Waals surface area contributed by atoms with E-state index in [-0.39, 0.29) is 17.8 Å². The van der Waals surface area contributed by atoms with Crippen molar-refractivity contribution in [2.24, 2.45) is 0 Å². The van der Waals surface area contributed by atoms with Crippen LogP contribution >= 0.6 is 0 Å². The molecule has 1 aromatic heterocycles. The lowest BCUT2D eigenvalue weighted by Gasteiger charge is -2.10. The molecule has 1 heterocycles. The molecular weight excluding hydrogens is 168 g/mol. The zero-order valence-corrected chi connectivity index (χ0v) is 7.87. The van der Waals surface area contributed by atoms with Crippen LogP contribution in [-0.4, -0.2) is 27.1 Å². The maximum absolute atomic E-state index is 11.3. The number of rotatable bonds is 4. The second kappa shape index (κ2) is 4.59. The topological polar surface area (TPSA) is 70.7 Å². The van der Waals surface area contributed by atoms with Crippen molar-refractivity contribution in [2.45, 2.75) is 32.7 Å². The molecule has 0 bridgehead atoms. The summed E-state index contributed by atoms with van der Waals surface area (Å²) in [7, 11) is 0. The molecule has 1 amide bonds. The maximum Gasteiger partial charge on any atom is 0.288 e. The molecule has 1 rings (SSSR count). The van der Waals surface area contributed by atoms with E-state index < -0.39 is 0 Å². The average molecular weight is 182 g/mol. The van der Waals surface area contributed by atoms with Gasteiger partial charge in [-0.2, -0.15) is 5.10 Å². The molecule has 5 heteroatoms. The Kier molecular flexibility index (Phi) is 3.42. The fraction of sp³-hybridized carbons (Fsp3) is 0.625. The van der Waals surface area contributed by atoms with Crippen LogP contribution in [0.2, 0.25) is 0 Å². The number of H-pyrrole nitrogens is 1. The molecule has 72 valence electrons. The van der Waals surface area contributed by atoms with E-state index in [2.05, 4.69) is 27.4 Å². The van der Waals surface area contributed by atoms with Crippen LogP contribution in [-0.2, 0) is 0 Å². The van der Waals surface area contributed by atoms with Gasteiger partial charge in [0.2, 0.25) is 5.82 Å². The number of nitrogens with one attached hydrogen (secondary N) is 2. The van der Waals surface area contributed by atoms with Crippen molar-refractivity contribution in [3.05, 3.63) is 12.2 Å². The van der Waals surface area contributed by atoms with Crippen molar-refractivity contribution in [1.82, 2.24) is 20.5 Å². The summed E-state index contributed by atoms with van der Waals surface area (Å²) in [5.74, 6) is 0.0707. The highest BCUT2D eigenvalue weighted by atomic mass is 16.2. The standard InChI is InChI=1S/C8H14N4O/c1-3-4-6(2)11-8(13)7-9-5-10-12-7/h5-6H,3-4H2,1-2H3,(H,11,13)(H,9,10,12). The second-order valence-corrected chi connectivity index (χ2v) is 3.00. The highest BCUT2D eigenvalue weighted by Gasteiger charge is 2.10. The molecule has 5 nitrogen and oxygen atoms in total. The number of carbonyl (C=O) groups is 1. The van der Waals surface area contributed by atoms with Gasteiger partial charge >= 0.3 is 0 Å². The lowest BCUT2D eigenvalue weighted by Crippen LogP contribution is -2.33. The monoisotopic (exact) mass is 182 g/mol. The normalized spacial score (nSPS) is 12.5. The Labute approximate surface area is 76.9 Å². The largest absolute Gasteiger partial charge is 0.347 e. The maximum atomic E-state index is 11.3. The molecule has 1 aromatic rings. The summed E-state index contributed by atoms with van der Waals surface area (Å²) in [5.41, 5.74) is 0. The minimum Gasteiger partial charge on any atom is -0.347 e. The number of hydrogen-bond acceptors (Lipinski definition) is 3. The summed E-state index contributed by atoms with van der Waals surface area (Å²) in [6, 6.07) is 0.183. The quantitative estimate of drug-likeness (QED) is 0.720. The molecular formula is C8H14N4O. The van der Waals surface area contributed by atoms with Gasteiger partial charge < -0.3 is 5.32 Å². The van der Waals surface area contributed by atoms with Crippen LogP contribution in [0.3, 0.4) is 0 Å². The molecule has 1 unspecified atom stereocenters. The summed E-state index contributed by atoms with van der Waals surface area (Å²) >= 11 is 0. The van der Waals surface area contributed by atoms with Gasteiger partial charge in [-0.1, -0.05) is 13.3 Å². The number of carbonyl (C=O) groups excluding carboxylic acids is 1. The van der Waals surface area contributed by atoms with Crippen molar-refractivity contribution < 1.29 is 4.79 Å². The van der Waals surface area contributed by atoms with E-state index in [1.807, 2.05) is 6.92 Å². The van der Waals surface area contributed by atoms with Crippen LogP contribution in [0.25, 0.3) is 0 Å². The Bertz CT molecular complexity index is 257. The van der Waals surface area contributed by atoms with Crippen molar-refractivity contribution >= 4 is 5.91 Å². The Morgan fingerprint density at radius 2 is 2.54 bits per heavy atom. The van der Waals surface area contributed by atoms with Gasteiger partial charge in [-0.25, -0.2) is 4.98 Å². The molecule has 0 aromatic carbocycles. The van der Waals surface area contributed by atoms with Crippen molar-refractivity contribution in [3.8, 4) is 0 Å². The Morgan fingerprint density at radius 1 is 1.77 bits per heavy atom. The van der Waals surface area contributed by atoms with Gasteiger partial charge in [0.05, 0.1) is 0 Å². The molecule has 0 fully saturated rings. The van der Waals surface area contributed by atoms with Gasteiger partial charge in [-0.05, 0) is 13.3 Å². The van der Waals surface area contributed by atoms with Crippen LogP contribution in [0.4, 0.5) is 0 Å². The molecule has 0 saturated heterocycles. The Hall–Kier alpha value is -1.39. The summed E-state index contributed by atoms with van der Waals surface area (Å²) in [5, 5.41) is 8.92. The van der Waals surface area contributed by atoms with E-state index in [0.29, 0.717) is 0 Å². The lowest BCUT2D eigenvalue weighted by molar-refractivity contribution is 0.0928. The molecule has 0 saturated carbocycles. The fourth-order valence-electron chi connectivity index (χ4n) is 1.11. The molecule has 2 N–H and O–H groups in total. The fourth-order valence-corrected chi connectivity index (χ4v) is 1.11. The summed E-state index contributed by atoms with van der Waals surface area (Å²) in [6.07, 6.45) is 3.34. The van der Waals surface area contributed by atoms with E-state index in [0.717, 1.165) is 12.8 Å². The summed E-state index contributed by atoms with van der Waals surface area (Å²) < 4.78 is 0. The third-order valence-electron chi connectivity index (χ3n) is 1.73. The van der Waals surface area contributed by atoms with Crippen molar-refractivity contribution in [2.75, 3.05) is 0 Å². The molecule has 0 spiro atoms. The van der Waals surface area contributed by atoms with E-state index in [4.69, 9.17) is 0 Å². The van der Waals surface area contributed by atoms with Gasteiger partial charge in [0.25, 0.3) is 5.91 Å². The average Bonchev–Trinajstić information content (AvgIpc) is 2.55. The predicted molar refractivity (Wildman–Crippen MR) is 48.2 cm³/mol. The molecule has 0 aliphatic carbocycles.